The third-order valence-electron chi connectivity index (χ3n) is 2.94. The van der Waals surface area contributed by atoms with Gasteiger partial charge in [-0.1, -0.05) is 6.92 Å². The first kappa shape index (κ1) is 13.0. The van der Waals surface area contributed by atoms with Crippen molar-refractivity contribution in [1.82, 2.24) is 9.97 Å². The van der Waals surface area contributed by atoms with Gasteiger partial charge in [-0.25, -0.2) is 14.2 Å². The van der Waals surface area contributed by atoms with Crippen LogP contribution in [0.5, 0.6) is 0 Å². The van der Waals surface area contributed by atoms with Crippen LogP contribution in [0.4, 0.5) is 5.69 Å². The Kier molecular flexibility index (Phi) is 3.34. The van der Waals surface area contributed by atoms with Crippen molar-refractivity contribution < 1.29 is 4.21 Å². The van der Waals surface area contributed by atoms with Gasteiger partial charge in [0, 0.05) is 32.8 Å². The molecule has 1 aromatic carbocycles. The first-order valence-electron chi connectivity index (χ1n) is 5.85. The van der Waals surface area contributed by atoms with Gasteiger partial charge in [0.15, 0.2) is 0 Å². The molecule has 0 spiro atoms. The monoisotopic (exact) mass is 263 g/mol. The van der Waals surface area contributed by atoms with Crippen molar-refractivity contribution in [3.05, 3.63) is 29.7 Å². The zero-order chi connectivity index (χ0) is 13.3. The average Bonchev–Trinajstić information content (AvgIpc) is 2.28. The van der Waals surface area contributed by atoms with Crippen molar-refractivity contribution in [3.63, 3.8) is 0 Å². The summed E-state index contributed by atoms with van der Waals surface area (Å²) in [6, 6.07) is 3.81. The molecule has 1 heterocycles. The number of benzene rings is 1. The van der Waals surface area contributed by atoms with Gasteiger partial charge in [0.1, 0.15) is 6.33 Å². The maximum absolute atomic E-state index is 12.0. The molecule has 96 valence electrons. The van der Waals surface area contributed by atoms with E-state index in [0.29, 0.717) is 5.75 Å². The molecular weight excluding hydrogens is 246 g/mol. The van der Waals surface area contributed by atoms with Gasteiger partial charge in [0.05, 0.1) is 11.2 Å². The van der Waals surface area contributed by atoms with E-state index in [1.54, 1.807) is 12.6 Å². The maximum atomic E-state index is 12.0. The molecule has 0 aliphatic rings. The highest BCUT2D eigenvalue weighted by atomic mass is 32.2. The van der Waals surface area contributed by atoms with Crippen LogP contribution in [0.1, 0.15) is 18.2 Å². The van der Waals surface area contributed by atoms with Crippen molar-refractivity contribution in [2.45, 2.75) is 20.8 Å². The first-order chi connectivity index (χ1) is 8.43. The van der Waals surface area contributed by atoms with Gasteiger partial charge in [-0.2, -0.15) is 4.36 Å². The Morgan fingerprint density at radius 3 is 2.67 bits per heavy atom. The van der Waals surface area contributed by atoms with E-state index in [2.05, 4.69) is 14.3 Å². The molecule has 1 unspecified atom stereocenters. The number of hydrogen-bond acceptors (Lipinski definition) is 4. The Bertz CT molecular complexity index is 715. The molecule has 1 atom stereocenters. The van der Waals surface area contributed by atoms with Crippen LogP contribution in [-0.4, -0.2) is 26.2 Å². The van der Waals surface area contributed by atoms with Crippen LogP contribution in [0.2, 0.25) is 0 Å². The topological polar surface area (TPSA) is 55.2 Å². The number of hydrogen-bond donors (Lipinski definition) is 0. The van der Waals surface area contributed by atoms with Gasteiger partial charge in [0.2, 0.25) is 0 Å². The number of nitrogens with zero attached hydrogens (tertiary/aromatic N) is 3. The summed E-state index contributed by atoms with van der Waals surface area (Å²) in [5.74, 6) is 0.548. The fraction of sp³-hybridized carbons (Fsp3) is 0.385. The van der Waals surface area contributed by atoms with E-state index in [-0.39, 0.29) is 0 Å². The van der Waals surface area contributed by atoms with E-state index >= 15 is 0 Å². The van der Waals surface area contributed by atoms with Crippen LogP contribution in [0.3, 0.4) is 0 Å². The van der Waals surface area contributed by atoms with Crippen molar-refractivity contribution in [1.29, 1.82) is 0 Å². The average molecular weight is 263 g/mol. The van der Waals surface area contributed by atoms with Crippen molar-refractivity contribution in [3.8, 4) is 0 Å². The molecule has 0 saturated heterocycles. The minimum absolute atomic E-state index is 0.548. The standard InChI is InChI=1S/C13H17N3OS/c1-5-18(4,17)16-11-6-9(2)13-10(3)14-8-15-12(13)7-11/h6-8H,5H2,1-4H3. The van der Waals surface area contributed by atoms with E-state index in [1.807, 2.05) is 32.9 Å². The molecule has 0 radical (unpaired) electrons. The van der Waals surface area contributed by atoms with Gasteiger partial charge in [-0.3, -0.25) is 0 Å². The zero-order valence-corrected chi connectivity index (χ0v) is 11.9. The summed E-state index contributed by atoms with van der Waals surface area (Å²) < 4.78 is 16.4. The summed E-state index contributed by atoms with van der Waals surface area (Å²) in [5, 5.41) is 1.05. The molecule has 5 heteroatoms. The van der Waals surface area contributed by atoms with Crippen LogP contribution in [0, 0.1) is 13.8 Å². The maximum Gasteiger partial charge on any atom is 0.116 e. The first-order valence-corrected chi connectivity index (χ1v) is 7.94. The molecule has 1 aromatic heterocycles. The second kappa shape index (κ2) is 4.65. The third kappa shape index (κ3) is 2.51. The van der Waals surface area contributed by atoms with E-state index in [0.717, 1.165) is 27.8 Å². The number of fused-ring (bicyclic) bond motifs is 1. The minimum atomic E-state index is -2.14. The molecule has 4 nitrogen and oxygen atoms in total. The molecule has 18 heavy (non-hydrogen) atoms. The lowest BCUT2D eigenvalue weighted by molar-refractivity contribution is 0.681. The third-order valence-corrected chi connectivity index (χ3v) is 4.61. The smallest absolute Gasteiger partial charge is 0.116 e. The number of aryl methyl sites for hydroxylation is 2. The normalized spacial score (nSPS) is 14.4. The Labute approximate surface area is 108 Å². The van der Waals surface area contributed by atoms with Gasteiger partial charge in [-0.05, 0) is 31.5 Å². The lowest BCUT2D eigenvalue weighted by Gasteiger charge is -2.06. The summed E-state index contributed by atoms with van der Waals surface area (Å²) in [6.07, 6.45) is 3.22. The van der Waals surface area contributed by atoms with Crippen LogP contribution >= 0.6 is 0 Å². The number of rotatable bonds is 2. The van der Waals surface area contributed by atoms with E-state index in [4.69, 9.17) is 0 Å². The Balaban J connectivity index is 2.72. The minimum Gasteiger partial charge on any atom is -0.250 e. The zero-order valence-electron chi connectivity index (χ0n) is 11.1. The Morgan fingerprint density at radius 1 is 1.28 bits per heavy atom. The van der Waals surface area contributed by atoms with Crippen molar-refractivity contribution in [2.75, 3.05) is 12.0 Å². The van der Waals surface area contributed by atoms with E-state index in [9.17, 15) is 4.21 Å². The fourth-order valence-electron chi connectivity index (χ4n) is 1.90. The molecule has 2 aromatic rings. The van der Waals surface area contributed by atoms with Crippen molar-refractivity contribution >= 4 is 26.3 Å². The van der Waals surface area contributed by atoms with E-state index in [1.165, 1.54) is 0 Å². The molecule has 0 amide bonds. The molecule has 0 saturated carbocycles. The lowest BCUT2D eigenvalue weighted by atomic mass is 10.1. The molecular formula is C13H17N3OS. The van der Waals surface area contributed by atoms with Crippen LogP contribution in [-0.2, 0) is 9.73 Å². The van der Waals surface area contributed by atoms with Gasteiger partial charge >= 0.3 is 0 Å². The summed E-state index contributed by atoms with van der Waals surface area (Å²) in [6.45, 7) is 5.84. The highest BCUT2D eigenvalue weighted by Gasteiger charge is 2.06. The molecule has 0 aliphatic carbocycles. The summed E-state index contributed by atoms with van der Waals surface area (Å²) >= 11 is 0. The Hall–Kier alpha value is -1.49. The fourth-order valence-corrected chi connectivity index (χ4v) is 2.59. The highest BCUT2D eigenvalue weighted by molar-refractivity contribution is 7.93. The second-order valence-corrected chi connectivity index (χ2v) is 7.13. The lowest BCUT2D eigenvalue weighted by Crippen LogP contribution is -1.98. The highest BCUT2D eigenvalue weighted by Crippen LogP contribution is 2.26. The molecule has 0 N–H and O–H groups in total. The van der Waals surface area contributed by atoms with Gasteiger partial charge < -0.3 is 0 Å². The largest absolute Gasteiger partial charge is 0.250 e. The van der Waals surface area contributed by atoms with Crippen LogP contribution < -0.4 is 0 Å². The Morgan fingerprint density at radius 2 is 2.00 bits per heavy atom. The second-order valence-electron chi connectivity index (χ2n) is 4.46. The van der Waals surface area contributed by atoms with Crippen molar-refractivity contribution in [2.24, 2.45) is 4.36 Å². The van der Waals surface area contributed by atoms with Crippen LogP contribution in [0.25, 0.3) is 10.9 Å². The van der Waals surface area contributed by atoms with Gasteiger partial charge in [-0.15, -0.1) is 0 Å². The summed E-state index contributed by atoms with van der Waals surface area (Å²) in [5.41, 5.74) is 3.60. The SMILES string of the molecule is CCS(C)(=O)=Nc1cc(C)c2c(C)ncnc2c1. The summed E-state index contributed by atoms with van der Waals surface area (Å²) in [7, 11) is -2.14. The predicted molar refractivity (Wildman–Crippen MR) is 75.7 cm³/mol. The number of aromatic nitrogens is 2. The van der Waals surface area contributed by atoms with E-state index < -0.39 is 9.73 Å². The van der Waals surface area contributed by atoms with Gasteiger partial charge in [0.25, 0.3) is 0 Å². The molecule has 0 aliphatic heterocycles. The van der Waals surface area contributed by atoms with Crippen LogP contribution in [0.15, 0.2) is 22.8 Å². The molecule has 2 rings (SSSR count). The molecule has 0 fully saturated rings. The quantitative estimate of drug-likeness (QED) is 0.837. The predicted octanol–water partition coefficient (Wildman–Crippen LogP) is 3.00. The summed E-state index contributed by atoms with van der Waals surface area (Å²) in [4.78, 5) is 8.45. The molecule has 0 bridgehead atoms.